The number of Topliss-reactive ketones (excluding diaryl/α,β-unsaturated/α-hetero) is 3. The molecule has 5 heteroatoms. The van der Waals surface area contributed by atoms with E-state index in [1.807, 2.05) is 37.4 Å². The number of hydrogen-bond donors (Lipinski definition) is 2. The zero-order valence-corrected chi connectivity index (χ0v) is 18.6. The van der Waals surface area contributed by atoms with Gasteiger partial charge in [-0.05, 0) is 67.1 Å². The first-order chi connectivity index (χ1) is 15.5. The minimum atomic E-state index is -0.180. The molecular weight excluding hydrogens is 400 g/mol. The predicted octanol–water partition coefficient (Wildman–Crippen LogP) is 4.01. The van der Waals surface area contributed by atoms with Crippen LogP contribution in [0.25, 0.3) is 6.08 Å². The fourth-order valence-electron chi connectivity index (χ4n) is 4.64. The van der Waals surface area contributed by atoms with Gasteiger partial charge in [0.2, 0.25) is 0 Å². The van der Waals surface area contributed by atoms with Crippen LogP contribution in [0, 0.1) is 5.92 Å². The number of ketones is 3. The average molecular weight is 431 g/mol. The number of nitrogens with one attached hydrogen (secondary N) is 2. The number of carbonyl (C=O) groups is 3. The smallest absolute Gasteiger partial charge is 0.170 e. The zero-order chi connectivity index (χ0) is 22.5. The molecule has 2 aromatic carbocycles. The third-order valence-corrected chi connectivity index (χ3v) is 6.60. The molecule has 2 aliphatic rings. The summed E-state index contributed by atoms with van der Waals surface area (Å²) in [5.74, 6) is 0.464. The van der Waals surface area contributed by atoms with Gasteiger partial charge in [-0.2, -0.15) is 0 Å². The SMILES string of the molecule is CNc1cccc2c1CC(=O)C(C(=O)Cc1ccc(C(=O)CCC3CCNCC3)cc1)=C2. The topological polar surface area (TPSA) is 75.3 Å². The molecular formula is C27H30N2O3. The van der Waals surface area contributed by atoms with Crippen molar-refractivity contribution in [2.75, 3.05) is 25.5 Å². The van der Waals surface area contributed by atoms with Gasteiger partial charge in [0.1, 0.15) is 0 Å². The lowest BCUT2D eigenvalue weighted by atomic mass is 9.86. The second-order valence-electron chi connectivity index (χ2n) is 8.73. The van der Waals surface area contributed by atoms with Crippen LogP contribution in [-0.4, -0.2) is 37.5 Å². The van der Waals surface area contributed by atoms with Gasteiger partial charge < -0.3 is 10.6 Å². The van der Waals surface area contributed by atoms with Gasteiger partial charge in [0.25, 0.3) is 0 Å². The third-order valence-electron chi connectivity index (χ3n) is 6.60. The Hall–Kier alpha value is -3.05. The van der Waals surface area contributed by atoms with E-state index >= 15 is 0 Å². The van der Waals surface area contributed by atoms with Crippen LogP contribution in [0.1, 0.15) is 52.7 Å². The molecule has 1 aliphatic carbocycles. The highest BCUT2D eigenvalue weighted by atomic mass is 16.1. The fourth-order valence-corrected chi connectivity index (χ4v) is 4.64. The van der Waals surface area contributed by atoms with Crippen molar-refractivity contribution in [2.45, 2.75) is 38.5 Å². The summed E-state index contributed by atoms with van der Waals surface area (Å²) in [6.45, 7) is 2.09. The average Bonchev–Trinajstić information content (AvgIpc) is 2.82. The first-order valence-corrected chi connectivity index (χ1v) is 11.5. The van der Waals surface area contributed by atoms with E-state index < -0.39 is 0 Å². The molecule has 4 rings (SSSR count). The molecule has 1 heterocycles. The first-order valence-electron chi connectivity index (χ1n) is 11.5. The van der Waals surface area contributed by atoms with Crippen molar-refractivity contribution < 1.29 is 14.4 Å². The molecule has 2 N–H and O–H groups in total. The van der Waals surface area contributed by atoms with E-state index in [1.54, 1.807) is 18.2 Å². The molecule has 166 valence electrons. The number of fused-ring (bicyclic) bond motifs is 1. The second-order valence-corrected chi connectivity index (χ2v) is 8.73. The molecule has 32 heavy (non-hydrogen) atoms. The highest BCUT2D eigenvalue weighted by molar-refractivity contribution is 6.25. The maximum absolute atomic E-state index is 12.9. The number of hydrogen-bond acceptors (Lipinski definition) is 5. The monoisotopic (exact) mass is 430 g/mol. The van der Waals surface area contributed by atoms with Crippen LogP contribution in [0.3, 0.4) is 0 Å². The van der Waals surface area contributed by atoms with E-state index in [2.05, 4.69) is 10.6 Å². The Morgan fingerprint density at radius 3 is 2.50 bits per heavy atom. The molecule has 1 aliphatic heterocycles. The largest absolute Gasteiger partial charge is 0.388 e. The van der Waals surface area contributed by atoms with Crippen molar-refractivity contribution >= 4 is 29.1 Å². The Kier molecular flexibility index (Phi) is 6.96. The van der Waals surface area contributed by atoms with E-state index in [0.29, 0.717) is 17.9 Å². The Morgan fingerprint density at radius 2 is 1.78 bits per heavy atom. The Labute approximate surface area is 189 Å². The molecule has 0 radical (unpaired) electrons. The maximum Gasteiger partial charge on any atom is 0.170 e. The van der Waals surface area contributed by atoms with Crippen LogP contribution >= 0.6 is 0 Å². The molecule has 0 spiro atoms. The standard InChI is InChI=1S/C27H30N2O3/c1-28-24-4-2-3-21-16-23(27(32)17-22(21)24)26(31)15-19-5-8-20(9-6-19)25(30)10-7-18-11-13-29-14-12-18/h2-6,8-9,16,18,28-29H,7,10-15,17H2,1H3. The van der Waals surface area contributed by atoms with E-state index in [9.17, 15) is 14.4 Å². The zero-order valence-electron chi connectivity index (χ0n) is 18.6. The van der Waals surface area contributed by atoms with Gasteiger partial charge >= 0.3 is 0 Å². The van der Waals surface area contributed by atoms with Crippen LogP contribution in [-0.2, 0) is 22.4 Å². The minimum Gasteiger partial charge on any atom is -0.388 e. The minimum absolute atomic E-state index is 0.144. The number of allylic oxidation sites excluding steroid dienone is 1. The first kappa shape index (κ1) is 22.2. The lowest BCUT2D eigenvalue weighted by molar-refractivity contribution is -0.120. The quantitative estimate of drug-likeness (QED) is 0.489. The number of rotatable bonds is 8. The van der Waals surface area contributed by atoms with Crippen LogP contribution in [0.4, 0.5) is 5.69 Å². The molecule has 0 unspecified atom stereocenters. The molecule has 0 bridgehead atoms. The van der Waals surface area contributed by atoms with Gasteiger partial charge in [-0.25, -0.2) is 0 Å². The van der Waals surface area contributed by atoms with E-state index in [1.165, 1.54) is 0 Å². The lowest BCUT2D eigenvalue weighted by Crippen LogP contribution is -2.27. The second kappa shape index (κ2) is 10.0. The van der Waals surface area contributed by atoms with E-state index in [-0.39, 0.29) is 35.8 Å². The van der Waals surface area contributed by atoms with Crippen molar-refractivity contribution in [3.63, 3.8) is 0 Å². The summed E-state index contributed by atoms with van der Waals surface area (Å²) in [7, 11) is 1.83. The Morgan fingerprint density at radius 1 is 1.03 bits per heavy atom. The van der Waals surface area contributed by atoms with Crippen LogP contribution in [0.5, 0.6) is 0 Å². The molecule has 2 aromatic rings. The molecule has 5 nitrogen and oxygen atoms in total. The maximum atomic E-state index is 12.9. The van der Waals surface area contributed by atoms with Crippen molar-refractivity contribution in [3.8, 4) is 0 Å². The number of carbonyl (C=O) groups excluding carboxylic acids is 3. The van der Waals surface area contributed by atoms with Gasteiger partial charge in [-0.1, -0.05) is 36.4 Å². The van der Waals surface area contributed by atoms with Gasteiger partial charge in [0.15, 0.2) is 17.3 Å². The molecule has 0 saturated carbocycles. The molecule has 1 saturated heterocycles. The highest BCUT2D eigenvalue weighted by Crippen LogP contribution is 2.28. The third kappa shape index (κ3) is 5.05. The summed E-state index contributed by atoms with van der Waals surface area (Å²) >= 11 is 0. The molecule has 0 atom stereocenters. The fraction of sp³-hybridized carbons (Fsp3) is 0.370. The van der Waals surface area contributed by atoms with Crippen molar-refractivity contribution in [2.24, 2.45) is 5.92 Å². The van der Waals surface area contributed by atoms with Crippen LogP contribution in [0.15, 0.2) is 48.0 Å². The molecule has 0 amide bonds. The van der Waals surface area contributed by atoms with Crippen molar-refractivity contribution in [1.29, 1.82) is 0 Å². The van der Waals surface area contributed by atoms with Gasteiger partial charge in [-0.3, -0.25) is 14.4 Å². The van der Waals surface area contributed by atoms with Gasteiger partial charge in [0, 0.05) is 37.6 Å². The van der Waals surface area contributed by atoms with E-state index in [0.717, 1.165) is 54.7 Å². The van der Waals surface area contributed by atoms with E-state index in [4.69, 9.17) is 0 Å². The number of piperidine rings is 1. The number of benzene rings is 2. The van der Waals surface area contributed by atoms with Crippen molar-refractivity contribution in [3.05, 3.63) is 70.3 Å². The van der Waals surface area contributed by atoms with Gasteiger partial charge in [0.05, 0.1) is 5.57 Å². The summed E-state index contributed by atoms with van der Waals surface area (Å²) in [6, 6.07) is 13.0. The summed E-state index contributed by atoms with van der Waals surface area (Å²) in [5, 5.41) is 6.46. The summed E-state index contributed by atoms with van der Waals surface area (Å²) < 4.78 is 0. The summed E-state index contributed by atoms with van der Waals surface area (Å²) in [5.41, 5.74) is 4.52. The van der Waals surface area contributed by atoms with Gasteiger partial charge in [-0.15, -0.1) is 0 Å². The Bertz CT molecular complexity index is 1050. The Balaban J connectivity index is 1.38. The van der Waals surface area contributed by atoms with Crippen LogP contribution in [0.2, 0.25) is 0 Å². The molecule has 0 aromatic heterocycles. The van der Waals surface area contributed by atoms with Crippen LogP contribution < -0.4 is 10.6 Å². The van der Waals surface area contributed by atoms with Crippen molar-refractivity contribution in [1.82, 2.24) is 5.32 Å². The summed E-state index contributed by atoms with van der Waals surface area (Å²) in [6.07, 6.45) is 5.89. The predicted molar refractivity (Wildman–Crippen MR) is 127 cm³/mol. The normalized spacial score (nSPS) is 16.3. The lowest BCUT2D eigenvalue weighted by Gasteiger charge is -2.22. The highest BCUT2D eigenvalue weighted by Gasteiger charge is 2.25. The number of anilines is 1. The summed E-state index contributed by atoms with van der Waals surface area (Å²) in [4.78, 5) is 38.0. The molecule has 1 fully saturated rings.